The van der Waals surface area contributed by atoms with Gasteiger partial charge in [-0.25, -0.2) is 17.6 Å². The Kier molecular flexibility index (Phi) is 6.05. The molecule has 1 heterocycles. The Morgan fingerprint density at radius 2 is 1.76 bits per heavy atom. The molecule has 1 fully saturated rings. The average Bonchev–Trinajstić information content (AvgIpc) is 2.74. The van der Waals surface area contributed by atoms with Crippen LogP contribution in [0.25, 0.3) is 0 Å². The molecule has 0 radical (unpaired) electrons. The quantitative estimate of drug-likeness (QED) is 0.885. The van der Waals surface area contributed by atoms with E-state index in [1.165, 1.54) is 28.6 Å². The second-order valence-corrected chi connectivity index (χ2v) is 9.27. The van der Waals surface area contributed by atoms with Crippen molar-refractivity contribution in [3.05, 3.63) is 35.6 Å². The van der Waals surface area contributed by atoms with Crippen LogP contribution in [0.2, 0.25) is 0 Å². The summed E-state index contributed by atoms with van der Waals surface area (Å²) in [4.78, 5) is 13.9. The van der Waals surface area contributed by atoms with Gasteiger partial charge in [0, 0.05) is 31.7 Å². The number of nitrogens with zero attached hydrogens (tertiary/aromatic N) is 2. The molecule has 140 valence electrons. The third-order valence-corrected chi connectivity index (χ3v) is 5.73. The number of carbonyl (C=O) groups excluding carboxylic acids is 1. The summed E-state index contributed by atoms with van der Waals surface area (Å²) >= 11 is 0. The lowest BCUT2D eigenvalue weighted by Crippen LogP contribution is -2.49. The molecule has 8 heteroatoms. The lowest BCUT2D eigenvalue weighted by molar-refractivity contribution is 0.191. The van der Waals surface area contributed by atoms with Crippen LogP contribution < -0.4 is 5.32 Å². The summed E-state index contributed by atoms with van der Waals surface area (Å²) in [5.41, 5.74) is 0.213. The van der Waals surface area contributed by atoms with E-state index in [0.29, 0.717) is 31.6 Å². The minimum Gasteiger partial charge on any atom is -0.333 e. The van der Waals surface area contributed by atoms with E-state index in [2.05, 4.69) is 5.32 Å². The normalized spacial score (nSPS) is 17.2. The molecule has 0 saturated carbocycles. The first-order chi connectivity index (χ1) is 11.6. The lowest BCUT2D eigenvalue weighted by Gasteiger charge is -2.27. The zero-order valence-electron chi connectivity index (χ0n) is 15.0. The van der Waals surface area contributed by atoms with Gasteiger partial charge in [-0.05, 0) is 44.9 Å². The summed E-state index contributed by atoms with van der Waals surface area (Å²) in [5.74, 6) is -0.557. The molecular weight excluding hydrogens is 345 g/mol. The highest BCUT2D eigenvalue weighted by Gasteiger charge is 2.28. The van der Waals surface area contributed by atoms with E-state index in [9.17, 15) is 17.6 Å². The SMILES string of the molecule is CC(C)(C)NC(=O)N1CCCN(S(=O)(=O)Cc2ccc(F)cc2)CC1. The van der Waals surface area contributed by atoms with Gasteiger partial charge in [0.1, 0.15) is 5.82 Å². The molecule has 6 nitrogen and oxygen atoms in total. The molecule has 1 aromatic carbocycles. The zero-order chi connectivity index (χ0) is 18.7. The number of amides is 2. The molecule has 0 aliphatic carbocycles. The van der Waals surface area contributed by atoms with Gasteiger partial charge in [-0.2, -0.15) is 4.31 Å². The maximum Gasteiger partial charge on any atom is 0.317 e. The van der Waals surface area contributed by atoms with Crippen LogP contribution in [0.4, 0.5) is 9.18 Å². The predicted octanol–water partition coefficient (Wildman–Crippen LogP) is 2.17. The molecule has 2 amide bonds. The Morgan fingerprint density at radius 3 is 2.36 bits per heavy atom. The molecular formula is C17H26FN3O3S. The van der Waals surface area contributed by atoms with Gasteiger partial charge in [-0.1, -0.05) is 12.1 Å². The molecule has 1 saturated heterocycles. The first-order valence-corrected chi connectivity index (χ1v) is 9.97. The van der Waals surface area contributed by atoms with Crippen LogP contribution in [0, 0.1) is 5.82 Å². The molecule has 0 unspecified atom stereocenters. The average molecular weight is 371 g/mol. The van der Waals surface area contributed by atoms with Crippen LogP contribution in [0.15, 0.2) is 24.3 Å². The predicted molar refractivity (Wildman–Crippen MR) is 95.1 cm³/mol. The van der Waals surface area contributed by atoms with Gasteiger partial charge in [-0.15, -0.1) is 0 Å². The topological polar surface area (TPSA) is 69.7 Å². The fourth-order valence-electron chi connectivity index (χ4n) is 2.66. The number of carbonyl (C=O) groups is 1. The third kappa shape index (κ3) is 5.97. The van der Waals surface area contributed by atoms with Gasteiger partial charge in [0.25, 0.3) is 0 Å². The van der Waals surface area contributed by atoms with Gasteiger partial charge in [-0.3, -0.25) is 0 Å². The molecule has 1 aromatic rings. The highest BCUT2D eigenvalue weighted by atomic mass is 32.2. The highest BCUT2D eigenvalue weighted by molar-refractivity contribution is 7.88. The van der Waals surface area contributed by atoms with Gasteiger partial charge in [0.2, 0.25) is 10.0 Å². The third-order valence-electron chi connectivity index (χ3n) is 3.88. The molecule has 0 spiro atoms. The van der Waals surface area contributed by atoms with Crippen molar-refractivity contribution in [3.63, 3.8) is 0 Å². The minimum atomic E-state index is -3.50. The van der Waals surface area contributed by atoms with E-state index in [1.807, 2.05) is 20.8 Å². The molecule has 1 N–H and O–H groups in total. The minimum absolute atomic E-state index is 0.165. The van der Waals surface area contributed by atoms with E-state index in [-0.39, 0.29) is 23.9 Å². The van der Waals surface area contributed by atoms with Gasteiger partial charge in [0.05, 0.1) is 5.75 Å². The molecule has 25 heavy (non-hydrogen) atoms. The number of nitrogens with one attached hydrogen (secondary N) is 1. The number of sulfonamides is 1. The van der Waals surface area contributed by atoms with Crippen LogP contribution >= 0.6 is 0 Å². The standard InChI is InChI=1S/C17H26FN3O3S/c1-17(2,3)19-16(22)20-9-4-10-21(12-11-20)25(23,24)13-14-5-7-15(18)8-6-14/h5-8H,4,9-13H2,1-3H3,(H,19,22). The molecule has 0 bridgehead atoms. The summed E-state index contributed by atoms with van der Waals surface area (Å²) in [6.07, 6.45) is 0.584. The van der Waals surface area contributed by atoms with E-state index in [4.69, 9.17) is 0 Å². The highest BCUT2D eigenvalue weighted by Crippen LogP contribution is 2.15. The van der Waals surface area contributed by atoms with E-state index < -0.39 is 15.8 Å². The number of hydrogen-bond acceptors (Lipinski definition) is 3. The fourth-order valence-corrected chi connectivity index (χ4v) is 4.22. The molecule has 0 atom stereocenters. The van der Waals surface area contributed by atoms with E-state index >= 15 is 0 Å². The first-order valence-electron chi connectivity index (χ1n) is 8.36. The molecule has 1 aliphatic heterocycles. The largest absolute Gasteiger partial charge is 0.333 e. The van der Waals surface area contributed by atoms with E-state index in [0.717, 1.165) is 0 Å². The number of benzene rings is 1. The Hall–Kier alpha value is -1.67. The lowest BCUT2D eigenvalue weighted by atomic mass is 10.1. The summed E-state index contributed by atoms with van der Waals surface area (Å²) in [5, 5.41) is 2.90. The van der Waals surface area contributed by atoms with Crippen LogP contribution in [0.5, 0.6) is 0 Å². The number of rotatable bonds is 3. The number of halogens is 1. The Bertz CT molecular complexity index is 699. The van der Waals surface area contributed by atoms with Crippen molar-refractivity contribution in [2.24, 2.45) is 0 Å². The van der Waals surface area contributed by atoms with Crippen molar-refractivity contribution in [1.82, 2.24) is 14.5 Å². The monoisotopic (exact) mass is 371 g/mol. The summed E-state index contributed by atoms with van der Waals surface area (Å²) in [6.45, 7) is 7.23. The van der Waals surface area contributed by atoms with Gasteiger partial charge in [0.15, 0.2) is 0 Å². The summed E-state index contributed by atoms with van der Waals surface area (Å²) in [7, 11) is -3.50. The molecule has 2 rings (SSSR count). The second kappa shape index (κ2) is 7.70. The maximum atomic E-state index is 13.0. The van der Waals surface area contributed by atoms with Crippen molar-refractivity contribution >= 4 is 16.1 Å². The van der Waals surface area contributed by atoms with E-state index in [1.54, 1.807) is 4.90 Å². The second-order valence-electron chi connectivity index (χ2n) is 7.30. The van der Waals surface area contributed by atoms with Crippen LogP contribution in [-0.2, 0) is 15.8 Å². The number of hydrogen-bond donors (Lipinski definition) is 1. The van der Waals surface area contributed by atoms with Crippen molar-refractivity contribution in [3.8, 4) is 0 Å². The van der Waals surface area contributed by atoms with Crippen molar-refractivity contribution in [2.75, 3.05) is 26.2 Å². The Balaban J connectivity index is 1.99. The molecule has 1 aliphatic rings. The first kappa shape index (κ1) is 19.7. The van der Waals surface area contributed by atoms with Crippen LogP contribution in [0.1, 0.15) is 32.8 Å². The van der Waals surface area contributed by atoms with Crippen molar-refractivity contribution in [1.29, 1.82) is 0 Å². The summed E-state index contributed by atoms with van der Waals surface area (Å²) < 4.78 is 39.6. The summed E-state index contributed by atoms with van der Waals surface area (Å²) in [6, 6.07) is 5.30. The smallest absolute Gasteiger partial charge is 0.317 e. The Labute approximate surface area is 149 Å². The number of urea groups is 1. The van der Waals surface area contributed by atoms with Crippen LogP contribution in [0.3, 0.4) is 0 Å². The van der Waals surface area contributed by atoms with Crippen molar-refractivity contribution < 1.29 is 17.6 Å². The maximum absolute atomic E-state index is 13.0. The van der Waals surface area contributed by atoms with Gasteiger partial charge >= 0.3 is 6.03 Å². The van der Waals surface area contributed by atoms with Crippen molar-refractivity contribution in [2.45, 2.75) is 38.5 Å². The van der Waals surface area contributed by atoms with Gasteiger partial charge < -0.3 is 10.2 Å². The molecule has 0 aromatic heterocycles. The fraction of sp³-hybridized carbons (Fsp3) is 0.588. The van der Waals surface area contributed by atoms with Crippen LogP contribution in [-0.4, -0.2) is 55.4 Å². The zero-order valence-corrected chi connectivity index (χ0v) is 15.8. The Morgan fingerprint density at radius 1 is 1.12 bits per heavy atom.